The number of likely N-dealkylation sites (N-methyl/N-ethyl adjacent to an activating group) is 1. The lowest BCUT2D eigenvalue weighted by Gasteiger charge is -2.28. The van der Waals surface area contributed by atoms with Crippen molar-refractivity contribution in [1.29, 1.82) is 0 Å². The van der Waals surface area contributed by atoms with Gasteiger partial charge < -0.3 is 15.0 Å². The molecule has 0 saturated carbocycles. The van der Waals surface area contributed by atoms with Crippen LogP contribution in [0.25, 0.3) is 33.4 Å². The predicted octanol–water partition coefficient (Wildman–Crippen LogP) is 4.15. The number of anilines is 2. The molecule has 0 spiro atoms. The molecule has 3 heterocycles. The number of amides is 1. The smallest absolute Gasteiger partial charge is 0.265 e. The van der Waals surface area contributed by atoms with Crippen LogP contribution in [0, 0.1) is 0 Å². The predicted molar refractivity (Wildman–Crippen MR) is 121 cm³/mol. The van der Waals surface area contributed by atoms with Crippen LogP contribution in [0.3, 0.4) is 0 Å². The first-order valence-corrected chi connectivity index (χ1v) is 10.2. The third-order valence-corrected chi connectivity index (χ3v) is 5.40. The topological polar surface area (TPSA) is 80.2 Å². The van der Waals surface area contributed by atoms with E-state index in [0.29, 0.717) is 12.4 Å². The highest BCUT2D eigenvalue weighted by Gasteiger charge is 2.24. The van der Waals surface area contributed by atoms with Gasteiger partial charge in [0.2, 0.25) is 0 Å². The molecule has 0 unspecified atom stereocenters. The van der Waals surface area contributed by atoms with E-state index in [2.05, 4.69) is 16.4 Å². The molecule has 0 saturated heterocycles. The van der Waals surface area contributed by atoms with Gasteiger partial charge in [0.1, 0.15) is 11.6 Å². The van der Waals surface area contributed by atoms with Crippen LogP contribution < -0.4 is 15.0 Å². The van der Waals surface area contributed by atoms with Gasteiger partial charge in [-0.3, -0.25) is 9.78 Å². The summed E-state index contributed by atoms with van der Waals surface area (Å²) in [6.07, 6.45) is 3.48. The molecule has 1 N–H and O–H groups in total. The molecule has 1 amide bonds. The monoisotopic (exact) mass is 411 g/mol. The molecule has 0 radical (unpaired) electrons. The number of aromatic nitrogens is 3. The van der Waals surface area contributed by atoms with Crippen LogP contribution in [-0.2, 0) is 4.79 Å². The van der Waals surface area contributed by atoms with Crippen LogP contribution in [0.5, 0.6) is 5.75 Å². The first-order chi connectivity index (χ1) is 15.2. The average Bonchev–Trinajstić information content (AvgIpc) is 2.83. The highest BCUT2D eigenvalue weighted by molar-refractivity contribution is 5.99. The van der Waals surface area contributed by atoms with Gasteiger partial charge in [0.15, 0.2) is 12.4 Å². The molecule has 1 aliphatic rings. The van der Waals surface area contributed by atoms with Crippen molar-refractivity contribution in [3.8, 4) is 28.3 Å². The highest BCUT2D eigenvalue weighted by Crippen LogP contribution is 2.37. The average molecular weight is 411 g/mol. The molecule has 154 valence electrons. The van der Waals surface area contributed by atoms with E-state index in [9.17, 15) is 4.79 Å². The lowest BCUT2D eigenvalue weighted by Crippen LogP contribution is -2.38. The Morgan fingerprint density at radius 3 is 2.68 bits per heavy atom. The van der Waals surface area contributed by atoms with Gasteiger partial charge >= 0.3 is 0 Å². The second-order valence-electron chi connectivity index (χ2n) is 7.23. The molecule has 2 aromatic carbocycles. The van der Waals surface area contributed by atoms with E-state index in [1.165, 1.54) is 0 Å². The maximum absolute atomic E-state index is 12.2. The van der Waals surface area contributed by atoms with Gasteiger partial charge in [-0.25, -0.2) is 9.97 Å². The Hall–Kier alpha value is -4.00. The van der Waals surface area contributed by atoms with Gasteiger partial charge in [0.05, 0.1) is 11.2 Å². The molecule has 4 aromatic rings. The molecule has 1 aliphatic heterocycles. The maximum Gasteiger partial charge on any atom is 0.265 e. The van der Waals surface area contributed by atoms with E-state index in [0.717, 1.165) is 44.8 Å². The summed E-state index contributed by atoms with van der Waals surface area (Å²) < 4.78 is 5.59. The molecule has 7 nitrogen and oxygen atoms in total. The second kappa shape index (κ2) is 7.68. The minimum absolute atomic E-state index is 0.0283. The molecule has 31 heavy (non-hydrogen) atoms. The normalized spacial score (nSPS) is 13.1. The number of carbonyl (C=O) groups excluding carboxylic acids is 1. The van der Waals surface area contributed by atoms with E-state index in [1.807, 2.05) is 56.4 Å². The van der Waals surface area contributed by atoms with Crippen LogP contribution in [0.2, 0.25) is 0 Å². The number of nitrogens with zero attached hydrogens (tertiary/aromatic N) is 4. The summed E-state index contributed by atoms with van der Waals surface area (Å²) in [5.74, 6) is 2.07. The Balaban J connectivity index is 1.61. The lowest BCUT2D eigenvalue weighted by molar-refractivity contribution is -0.121. The van der Waals surface area contributed by atoms with Crippen molar-refractivity contribution in [1.82, 2.24) is 15.0 Å². The first kappa shape index (κ1) is 19.0. The van der Waals surface area contributed by atoms with E-state index >= 15 is 0 Å². The van der Waals surface area contributed by atoms with Crippen LogP contribution in [0.1, 0.15) is 6.92 Å². The van der Waals surface area contributed by atoms with E-state index in [1.54, 1.807) is 17.3 Å². The number of rotatable bonds is 4. The number of carbonyl (C=O) groups is 1. The molecule has 0 fully saturated rings. The van der Waals surface area contributed by atoms with E-state index in [4.69, 9.17) is 14.7 Å². The van der Waals surface area contributed by atoms with E-state index < -0.39 is 0 Å². The van der Waals surface area contributed by atoms with Crippen molar-refractivity contribution in [2.24, 2.45) is 0 Å². The third kappa shape index (κ3) is 3.34. The maximum atomic E-state index is 12.2. The van der Waals surface area contributed by atoms with Crippen LogP contribution in [0.4, 0.5) is 11.5 Å². The van der Waals surface area contributed by atoms with Crippen molar-refractivity contribution in [3.05, 3.63) is 60.9 Å². The molecule has 0 atom stereocenters. The fourth-order valence-electron chi connectivity index (χ4n) is 3.85. The number of hydrogen-bond donors (Lipinski definition) is 1. The zero-order valence-electron chi connectivity index (χ0n) is 17.3. The van der Waals surface area contributed by atoms with Crippen molar-refractivity contribution in [2.45, 2.75) is 6.92 Å². The summed E-state index contributed by atoms with van der Waals surface area (Å²) >= 11 is 0. The standard InChI is InChI=1S/C24H21N5O2/c1-3-29-20-12-16(7-9-21(20)31-14-22(29)30)15-6-8-19-18(11-15)24(25-2)28-23(27-19)17-5-4-10-26-13-17/h4-13H,3,14H2,1-2H3,(H,25,27,28). The second-order valence-corrected chi connectivity index (χ2v) is 7.23. The van der Waals surface area contributed by atoms with Crippen molar-refractivity contribution in [2.75, 3.05) is 30.4 Å². The van der Waals surface area contributed by atoms with Gasteiger partial charge in [-0.15, -0.1) is 0 Å². The minimum atomic E-state index is -0.0283. The van der Waals surface area contributed by atoms with Crippen molar-refractivity contribution < 1.29 is 9.53 Å². The van der Waals surface area contributed by atoms with Crippen molar-refractivity contribution >= 4 is 28.3 Å². The third-order valence-electron chi connectivity index (χ3n) is 5.40. The summed E-state index contributed by atoms with van der Waals surface area (Å²) in [4.78, 5) is 27.6. The fourth-order valence-corrected chi connectivity index (χ4v) is 3.85. The molecule has 0 bridgehead atoms. The Bertz CT molecular complexity index is 1290. The molecule has 7 heteroatoms. The van der Waals surface area contributed by atoms with Gasteiger partial charge in [0, 0.05) is 36.9 Å². The number of fused-ring (bicyclic) bond motifs is 2. The quantitative estimate of drug-likeness (QED) is 0.544. The van der Waals surface area contributed by atoms with Crippen molar-refractivity contribution in [3.63, 3.8) is 0 Å². The Morgan fingerprint density at radius 1 is 1.06 bits per heavy atom. The molecular formula is C24H21N5O2. The summed E-state index contributed by atoms with van der Waals surface area (Å²) in [5, 5.41) is 4.11. The zero-order valence-corrected chi connectivity index (χ0v) is 17.3. The van der Waals surface area contributed by atoms with Crippen LogP contribution in [0.15, 0.2) is 60.9 Å². The minimum Gasteiger partial charge on any atom is -0.482 e. The largest absolute Gasteiger partial charge is 0.482 e. The van der Waals surface area contributed by atoms with E-state index in [-0.39, 0.29) is 12.5 Å². The number of pyridine rings is 1. The zero-order chi connectivity index (χ0) is 21.4. The first-order valence-electron chi connectivity index (χ1n) is 10.2. The van der Waals surface area contributed by atoms with Gasteiger partial charge in [0.25, 0.3) is 5.91 Å². The number of hydrogen-bond acceptors (Lipinski definition) is 6. The lowest BCUT2D eigenvalue weighted by atomic mass is 10.0. The van der Waals surface area contributed by atoms with Gasteiger partial charge in [-0.1, -0.05) is 12.1 Å². The fraction of sp³-hybridized carbons (Fsp3) is 0.167. The summed E-state index contributed by atoms with van der Waals surface area (Å²) in [6.45, 7) is 2.65. The highest BCUT2D eigenvalue weighted by atomic mass is 16.5. The number of nitrogens with one attached hydrogen (secondary N) is 1. The Kier molecular flexibility index (Phi) is 4.71. The van der Waals surface area contributed by atoms with Gasteiger partial charge in [-0.2, -0.15) is 0 Å². The summed E-state index contributed by atoms with van der Waals surface area (Å²) in [6, 6.07) is 15.8. The van der Waals surface area contributed by atoms with Gasteiger partial charge in [-0.05, 0) is 54.4 Å². The molecule has 5 rings (SSSR count). The number of ether oxygens (including phenoxy) is 1. The molecule has 2 aromatic heterocycles. The SMILES string of the molecule is CCN1C(=O)COc2ccc(-c3ccc4nc(-c5cccnc5)nc(NC)c4c3)cc21. The Morgan fingerprint density at radius 2 is 1.90 bits per heavy atom. The Labute approximate surface area is 179 Å². The number of benzene rings is 2. The summed E-state index contributed by atoms with van der Waals surface area (Å²) in [5.41, 5.74) is 4.51. The van der Waals surface area contributed by atoms with Crippen LogP contribution >= 0.6 is 0 Å². The molecular weight excluding hydrogens is 390 g/mol. The molecule has 0 aliphatic carbocycles. The summed E-state index contributed by atoms with van der Waals surface area (Å²) in [7, 11) is 1.85. The van der Waals surface area contributed by atoms with Crippen LogP contribution in [-0.4, -0.2) is 41.1 Å².